The topological polar surface area (TPSA) is 29.5 Å². The molecule has 0 aliphatic heterocycles. The standard InChI is InChI=1S/C13H15BrO2/c1-9(14)8-16-11-6-5-10-3-2-4-13(15)12(10)7-11/h5-7,13,15H,1-4,8H2/t13-/m0/s1. The maximum atomic E-state index is 9.88. The highest BCUT2D eigenvalue weighted by Crippen LogP contribution is 2.32. The molecule has 16 heavy (non-hydrogen) atoms. The molecule has 0 unspecified atom stereocenters. The van der Waals surface area contributed by atoms with Gasteiger partial charge in [0.25, 0.3) is 0 Å². The molecule has 2 rings (SSSR count). The predicted octanol–water partition coefficient (Wildman–Crippen LogP) is 3.34. The van der Waals surface area contributed by atoms with Crippen molar-refractivity contribution in [2.75, 3.05) is 6.61 Å². The summed E-state index contributed by atoms with van der Waals surface area (Å²) in [5.74, 6) is 0.792. The Morgan fingerprint density at radius 3 is 3.12 bits per heavy atom. The van der Waals surface area contributed by atoms with E-state index in [1.807, 2.05) is 18.2 Å². The summed E-state index contributed by atoms with van der Waals surface area (Å²) >= 11 is 3.25. The average molecular weight is 283 g/mol. The van der Waals surface area contributed by atoms with E-state index in [0.29, 0.717) is 6.61 Å². The Morgan fingerprint density at radius 1 is 1.56 bits per heavy atom. The zero-order valence-electron chi connectivity index (χ0n) is 9.08. The van der Waals surface area contributed by atoms with Crippen LogP contribution in [0.25, 0.3) is 0 Å². The van der Waals surface area contributed by atoms with Crippen LogP contribution in [0.15, 0.2) is 29.3 Å². The summed E-state index contributed by atoms with van der Waals surface area (Å²) in [6, 6.07) is 5.94. The van der Waals surface area contributed by atoms with E-state index in [4.69, 9.17) is 4.74 Å². The lowest BCUT2D eigenvalue weighted by Gasteiger charge is -2.21. The molecule has 1 aliphatic rings. The van der Waals surface area contributed by atoms with E-state index in [1.165, 1.54) is 5.56 Å². The summed E-state index contributed by atoms with van der Waals surface area (Å²) in [6.07, 6.45) is 2.63. The van der Waals surface area contributed by atoms with Crippen LogP contribution in [0.1, 0.15) is 30.1 Å². The van der Waals surface area contributed by atoms with Gasteiger partial charge < -0.3 is 9.84 Å². The lowest BCUT2D eigenvalue weighted by molar-refractivity contribution is 0.156. The second kappa shape index (κ2) is 5.02. The molecule has 0 spiro atoms. The first-order chi connectivity index (χ1) is 7.66. The maximum Gasteiger partial charge on any atom is 0.120 e. The molecule has 0 aromatic heterocycles. The molecule has 0 amide bonds. The molecular weight excluding hydrogens is 268 g/mol. The Balaban J connectivity index is 2.17. The number of aliphatic hydroxyl groups excluding tert-OH is 1. The SMILES string of the molecule is C=C(Br)COc1ccc2c(c1)[C@@H](O)CCC2. The van der Waals surface area contributed by atoms with Crippen molar-refractivity contribution >= 4 is 15.9 Å². The number of hydrogen-bond donors (Lipinski definition) is 1. The third-order valence-electron chi connectivity index (χ3n) is 2.80. The van der Waals surface area contributed by atoms with Gasteiger partial charge >= 0.3 is 0 Å². The van der Waals surface area contributed by atoms with E-state index in [2.05, 4.69) is 22.5 Å². The molecule has 1 N–H and O–H groups in total. The molecule has 0 saturated carbocycles. The molecule has 1 atom stereocenters. The quantitative estimate of drug-likeness (QED) is 0.921. The Labute approximate surface area is 104 Å². The highest BCUT2D eigenvalue weighted by atomic mass is 79.9. The van der Waals surface area contributed by atoms with Gasteiger partial charge in [0, 0.05) is 4.48 Å². The largest absolute Gasteiger partial charge is 0.488 e. The summed E-state index contributed by atoms with van der Waals surface area (Å²) < 4.78 is 6.34. The fourth-order valence-corrected chi connectivity index (χ4v) is 2.12. The molecule has 3 heteroatoms. The van der Waals surface area contributed by atoms with Crippen molar-refractivity contribution in [2.45, 2.75) is 25.4 Å². The number of halogens is 1. The molecule has 0 bridgehead atoms. The van der Waals surface area contributed by atoms with Gasteiger partial charge in [0.15, 0.2) is 0 Å². The fraction of sp³-hybridized carbons (Fsp3) is 0.385. The van der Waals surface area contributed by atoms with Crippen molar-refractivity contribution in [1.29, 1.82) is 0 Å². The monoisotopic (exact) mass is 282 g/mol. The molecule has 1 aliphatic carbocycles. The van der Waals surface area contributed by atoms with E-state index < -0.39 is 0 Å². The predicted molar refractivity (Wildman–Crippen MR) is 67.9 cm³/mol. The fourth-order valence-electron chi connectivity index (χ4n) is 2.00. The zero-order chi connectivity index (χ0) is 11.5. The number of aryl methyl sites for hydroxylation is 1. The first-order valence-electron chi connectivity index (χ1n) is 5.44. The van der Waals surface area contributed by atoms with Gasteiger partial charge in [-0.15, -0.1) is 0 Å². The van der Waals surface area contributed by atoms with Gasteiger partial charge in [0.05, 0.1) is 6.10 Å². The first kappa shape index (κ1) is 11.7. The molecule has 1 aromatic carbocycles. The van der Waals surface area contributed by atoms with E-state index in [9.17, 15) is 5.11 Å². The van der Waals surface area contributed by atoms with Gasteiger partial charge in [0.1, 0.15) is 12.4 Å². The lowest BCUT2D eigenvalue weighted by atomic mass is 9.89. The summed E-state index contributed by atoms with van der Waals surface area (Å²) in [4.78, 5) is 0. The highest BCUT2D eigenvalue weighted by molar-refractivity contribution is 9.11. The van der Waals surface area contributed by atoms with Crippen molar-refractivity contribution in [3.63, 3.8) is 0 Å². The minimum absolute atomic E-state index is 0.334. The number of fused-ring (bicyclic) bond motifs is 1. The number of rotatable bonds is 3. The van der Waals surface area contributed by atoms with Crippen molar-refractivity contribution in [3.8, 4) is 5.75 Å². The number of benzene rings is 1. The van der Waals surface area contributed by atoms with Crippen LogP contribution in [0.5, 0.6) is 5.75 Å². The summed E-state index contributed by atoms with van der Waals surface area (Å²) in [5.41, 5.74) is 2.26. The van der Waals surface area contributed by atoms with Crippen LogP contribution in [0.4, 0.5) is 0 Å². The van der Waals surface area contributed by atoms with Crippen molar-refractivity contribution in [3.05, 3.63) is 40.4 Å². The van der Waals surface area contributed by atoms with Crippen molar-refractivity contribution in [2.24, 2.45) is 0 Å². The number of hydrogen-bond acceptors (Lipinski definition) is 2. The van der Waals surface area contributed by atoms with Crippen LogP contribution in [-0.4, -0.2) is 11.7 Å². The summed E-state index contributed by atoms with van der Waals surface area (Å²) in [7, 11) is 0. The van der Waals surface area contributed by atoms with Gasteiger partial charge in [0.2, 0.25) is 0 Å². The van der Waals surface area contributed by atoms with Crippen LogP contribution in [-0.2, 0) is 6.42 Å². The zero-order valence-corrected chi connectivity index (χ0v) is 10.7. The Kier molecular flexibility index (Phi) is 3.66. The molecular formula is C13H15BrO2. The van der Waals surface area contributed by atoms with Gasteiger partial charge in [-0.05, 0) is 42.5 Å². The molecule has 86 valence electrons. The van der Waals surface area contributed by atoms with Crippen LogP contribution in [0.3, 0.4) is 0 Å². The Morgan fingerprint density at radius 2 is 2.38 bits per heavy atom. The van der Waals surface area contributed by atoms with Crippen LogP contribution >= 0.6 is 15.9 Å². The van der Waals surface area contributed by atoms with Crippen molar-refractivity contribution < 1.29 is 9.84 Å². The van der Waals surface area contributed by atoms with E-state index in [0.717, 1.165) is 35.1 Å². The number of ether oxygens (including phenoxy) is 1. The smallest absolute Gasteiger partial charge is 0.120 e. The average Bonchev–Trinajstić information content (AvgIpc) is 2.27. The third-order valence-corrected chi connectivity index (χ3v) is 3.02. The molecule has 0 saturated heterocycles. The maximum absolute atomic E-state index is 9.88. The van der Waals surface area contributed by atoms with Gasteiger partial charge in [-0.2, -0.15) is 0 Å². The molecule has 0 fully saturated rings. The third kappa shape index (κ3) is 2.66. The van der Waals surface area contributed by atoms with E-state index in [1.54, 1.807) is 0 Å². The number of aliphatic hydroxyl groups is 1. The molecule has 0 heterocycles. The van der Waals surface area contributed by atoms with Gasteiger partial charge in [-0.25, -0.2) is 0 Å². The van der Waals surface area contributed by atoms with Gasteiger partial charge in [-0.3, -0.25) is 0 Å². The Bertz CT molecular complexity index is 401. The van der Waals surface area contributed by atoms with Gasteiger partial charge in [-0.1, -0.05) is 28.6 Å². The second-order valence-electron chi connectivity index (χ2n) is 4.07. The molecule has 0 radical (unpaired) electrons. The summed E-state index contributed by atoms with van der Waals surface area (Å²) in [5, 5.41) is 9.88. The van der Waals surface area contributed by atoms with Crippen molar-refractivity contribution in [1.82, 2.24) is 0 Å². The molecule has 2 nitrogen and oxygen atoms in total. The van der Waals surface area contributed by atoms with Crippen LogP contribution in [0, 0.1) is 0 Å². The van der Waals surface area contributed by atoms with Crippen LogP contribution < -0.4 is 4.74 Å². The summed E-state index contributed by atoms with van der Waals surface area (Å²) in [6.45, 7) is 4.17. The van der Waals surface area contributed by atoms with E-state index in [-0.39, 0.29) is 6.10 Å². The second-order valence-corrected chi connectivity index (χ2v) is 5.20. The first-order valence-corrected chi connectivity index (χ1v) is 6.23. The normalized spacial score (nSPS) is 19.0. The van der Waals surface area contributed by atoms with Crippen LogP contribution in [0.2, 0.25) is 0 Å². The van der Waals surface area contributed by atoms with E-state index >= 15 is 0 Å². The molecule has 1 aromatic rings. The Hall–Kier alpha value is -0.800. The minimum Gasteiger partial charge on any atom is -0.488 e. The minimum atomic E-state index is -0.334. The lowest BCUT2D eigenvalue weighted by Crippen LogP contribution is -2.09. The highest BCUT2D eigenvalue weighted by Gasteiger charge is 2.18.